The Bertz CT molecular complexity index is 406. The maximum absolute atomic E-state index is 5.67. The van der Waals surface area contributed by atoms with Crippen molar-refractivity contribution in [1.82, 2.24) is 9.97 Å². The van der Waals surface area contributed by atoms with Gasteiger partial charge >= 0.3 is 0 Å². The normalized spacial score (nSPS) is 16.7. The van der Waals surface area contributed by atoms with Gasteiger partial charge in [-0.25, -0.2) is 4.98 Å². The minimum Gasteiger partial charge on any atom is -0.481 e. The second kappa shape index (κ2) is 6.68. The molecular formula is C13H22N4O2. The fourth-order valence-electron chi connectivity index (χ4n) is 2.23. The Kier molecular flexibility index (Phi) is 4.93. The molecule has 0 radical (unpaired) electrons. The van der Waals surface area contributed by atoms with Crippen molar-refractivity contribution in [2.24, 2.45) is 5.73 Å². The van der Waals surface area contributed by atoms with Crippen molar-refractivity contribution >= 4 is 5.95 Å². The van der Waals surface area contributed by atoms with Gasteiger partial charge in [0.2, 0.25) is 11.8 Å². The zero-order valence-electron chi connectivity index (χ0n) is 11.6. The number of aryl methyl sites for hydroxylation is 1. The summed E-state index contributed by atoms with van der Waals surface area (Å²) in [5.74, 6) is 1.36. The Morgan fingerprint density at radius 1 is 1.37 bits per heavy atom. The third kappa shape index (κ3) is 3.78. The lowest BCUT2D eigenvalue weighted by molar-refractivity contribution is 0.0420. The average molecular weight is 266 g/mol. The first-order chi connectivity index (χ1) is 9.22. The number of hydrogen-bond acceptors (Lipinski definition) is 6. The summed E-state index contributed by atoms with van der Waals surface area (Å²) in [6.07, 6.45) is 2.28. The maximum Gasteiger partial charge on any atom is 0.228 e. The quantitative estimate of drug-likeness (QED) is 0.847. The Morgan fingerprint density at radius 2 is 2.11 bits per heavy atom. The van der Waals surface area contributed by atoms with E-state index in [0.717, 1.165) is 37.6 Å². The second-order valence-corrected chi connectivity index (χ2v) is 4.70. The van der Waals surface area contributed by atoms with Gasteiger partial charge in [0.1, 0.15) is 0 Å². The van der Waals surface area contributed by atoms with Gasteiger partial charge in [-0.1, -0.05) is 0 Å². The van der Waals surface area contributed by atoms with Gasteiger partial charge in [0.15, 0.2) is 0 Å². The first-order valence-electron chi connectivity index (χ1n) is 6.69. The van der Waals surface area contributed by atoms with Gasteiger partial charge in [-0.2, -0.15) is 4.98 Å². The molecule has 1 aromatic rings. The van der Waals surface area contributed by atoms with Crippen molar-refractivity contribution in [2.45, 2.75) is 25.9 Å². The minimum absolute atomic E-state index is 0.312. The van der Waals surface area contributed by atoms with Crippen LogP contribution in [0.3, 0.4) is 0 Å². The van der Waals surface area contributed by atoms with Crippen LogP contribution in [0.1, 0.15) is 18.5 Å². The van der Waals surface area contributed by atoms with Crippen LogP contribution < -0.4 is 15.4 Å². The molecule has 2 heterocycles. The number of nitrogens with zero attached hydrogens (tertiary/aromatic N) is 3. The number of aromatic nitrogens is 2. The highest BCUT2D eigenvalue weighted by molar-refractivity contribution is 5.34. The summed E-state index contributed by atoms with van der Waals surface area (Å²) in [6, 6.07) is 1.83. The smallest absolute Gasteiger partial charge is 0.228 e. The predicted molar refractivity (Wildman–Crippen MR) is 73.6 cm³/mol. The number of piperidine rings is 1. The Balaban J connectivity index is 1.95. The molecule has 0 amide bonds. The summed E-state index contributed by atoms with van der Waals surface area (Å²) >= 11 is 0. The molecule has 6 nitrogen and oxygen atoms in total. The molecule has 0 bridgehead atoms. The van der Waals surface area contributed by atoms with Crippen LogP contribution in [-0.4, -0.2) is 49.4 Å². The Morgan fingerprint density at radius 3 is 2.74 bits per heavy atom. The van der Waals surface area contributed by atoms with Gasteiger partial charge in [-0.15, -0.1) is 0 Å². The fourth-order valence-corrected chi connectivity index (χ4v) is 2.23. The standard InChI is InChI=1S/C13H22N4O2/c1-10-9-12(18-2)16-13(15-10)17-6-3-11(4-7-17)19-8-5-14/h9,11H,3-8,14H2,1-2H3. The number of nitrogens with two attached hydrogens (primary N) is 1. The highest BCUT2D eigenvalue weighted by Crippen LogP contribution is 2.20. The molecule has 0 saturated carbocycles. The zero-order valence-corrected chi connectivity index (χ0v) is 11.6. The Labute approximate surface area is 113 Å². The molecule has 106 valence electrons. The van der Waals surface area contributed by atoms with Crippen molar-refractivity contribution in [2.75, 3.05) is 38.3 Å². The fraction of sp³-hybridized carbons (Fsp3) is 0.692. The van der Waals surface area contributed by atoms with Crippen LogP contribution in [0, 0.1) is 6.92 Å². The summed E-state index contributed by atoms with van der Waals surface area (Å²) in [6.45, 7) is 4.98. The third-order valence-corrected chi connectivity index (χ3v) is 3.22. The highest BCUT2D eigenvalue weighted by Gasteiger charge is 2.21. The predicted octanol–water partition coefficient (Wildman–Crippen LogP) is 0.738. The summed E-state index contributed by atoms with van der Waals surface area (Å²) < 4.78 is 10.9. The molecule has 0 unspecified atom stereocenters. The van der Waals surface area contributed by atoms with Crippen molar-refractivity contribution < 1.29 is 9.47 Å². The van der Waals surface area contributed by atoms with Gasteiger partial charge in [-0.05, 0) is 19.8 Å². The lowest BCUT2D eigenvalue weighted by Crippen LogP contribution is -2.38. The maximum atomic E-state index is 5.67. The monoisotopic (exact) mass is 266 g/mol. The average Bonchev–Trinajstić information content (AvgIpc) is 2.45. The van der Waals surface area contributed by atoms with E-state index in [0.29, 0.717) is 25.1 Å². The van der Waals surface area contributed by atoms with Gasteiger partial charge in [0.05, 0.1) is 19.8 Å². The molecule has 0 atom stereocenters. The number of methoxy groups -OCH3 is 1. The van der Waals surface area contributed by atoms with Gasteiger partial charge in [0, 0.05) is 31.4 Å². The molecule has 6 heteroatoms. The molecule has 0 aliphatic carbocycles. The van der Waals surface area contributed by atoms with E-state index >= 15 is 0 Å². The van der Waals surface area contributed by atoms with Crippen molar-refractivity contribution in [3.8, 4) is 5.88 Å². The molecule has 0 spiro atoms. The van der Waals surface area contributed by atoms with Crippen LogP contribution in [0.15, 0.2) is 6.07 Å². The van der Waals surface area contributed by atoms with Gasteiger partial charge < -0.3 is 20.1 Å². The molecule has 0 aromatic carbocycles. The molecule has 2 N–H and O–H groups in total. The molecular weight excluding hydrogens is 244 g/mol. The summed E-state index contributed by atoms with van der Waals surface area (Å²) in [5.41, 5.74) is 6.36. The van der Waals surface area contributed by atoms with Crippen LogP contribution in [0.4, 0.5) is 5.95 Å². The second-order valence-electron chi connectivity index (χ2n) is 4.70. The minimum atomic E-state index is 0.312. The first kappa shape index (κ1) is 14.0. The van der Waals surface area contributed by atoms with Crippen molar-refractivity contribution in [3.05, 3.63) is 11.8 Å². The van der Waals surface area contributed by atoms with Crippen molar-refractivity contribution in [1.29, 1.82) is 0 Å². The molecule has 19 heavy (non-hydrogen) atoms. The van der Waals surface area contributed by atoms with Crippen LogP contribution >= 0.6 is 0 Å². The van der Waals surface area contributed by atoms with Crippen LogP contribution in [0.5, 0.6) is 5.88 Å². The molecule has 1 fully saturated rings. The SMILES string of the molecule is COc1cc(C)nc(N2CCC(OCCN)CC2)n1. The third-order valence-electron chi connectivity index (χ3n) is 3.22. The van der Waals surface area contributed by atoms with Crippen molar-refractivity contribution in [3.63, 3.8) is 0 Å². The number of rotatable bonds is 5. The van der Waals surface area contributed by atoms with Gasteiger partial charge in [0.25, 0.3) is 0 Å². The van der Waals surface area contributed by atoms with E-state index in [1.165, 1.54) is 0 Å². The molecule has 2 rings (SSSR count). The topological polar surface area (TPSA) is 73.5 Å². The van der Waals surface area contributed by atoms with Crippen LogP contribution in [0.2, 0.25) is 0 Å². The van der Waals surface area contributed by atoms with E-state index in [1.807, 2.05) is 13.0 Å². The number of ether oxygens (including phenoxy) is 2. The van der Waals surface area contributed by atoms with E-state index in [4.69, 9.17) is 15.2 Å². The van der Waals surface area contributed by atoms with Crippen LogP contribution in [-0.2, 0) is 4.74 Å². The molecule has 1 aliphatic heterocycles. The molecule has 1 aliphatic rings. The largest absolute Gasteiger partial charge is 0.481 e. The summed E-state index contributed by atoms with van der Waals surface area (Å²) in [5, 5.41) is 0. The number of hydrogen-bond donors (Lipinski definition) is 1. The molecule has 1 saturated heterocycles. The van der Waals surface area contributed by atoms with Gasteiger partial charge in [-0.3, -0.25) is 0 Å². The first-order valence-corrected chi connectivity index (χ1v) is 6.69. The summed E-state index contributed by atoms with van der Waals surface area (Å²) in [7, 11) is 1.62. The lowest BCUT2D eigenvalue weighted by atomic mass is 10.1. The van der Waals surface area contributed by atoms with E-state index < -0.39 is 0 Å². The zero-order chi connectivity index (χ0) is 13.7. The lowest BCUT2D eigenvalue weighted by Gasteiger charge is -2.32. The van der Waals surface area contributed by atoms with E-state index in [9.17, 15) is 0 Å². The summed E-state index contributed by atoms with van der Waals surface area (Å²) in [4.78, 5) is 11.0. The number of anilines is 1. The molecule has 1 aromatic heterocycles. The Hall–Kier alpha value is -1.40. The highest BCUT2D eigenvalue weighted by atomic mass is 16.5. The van der Waals surface area contributed by atoms with E-state index in [1.54, 1.807) is 7.11 Å². The van der Waals surface area contributed by atoms with Crippen LogP contribution in [0.25, 0.3) is 0 Å². The van der Waals surface area contributed by atoms with E-state index in [-0.39, 0.29) is 0 Å². The van der Waals surface area contributed by atoms with E-state index in [2.05, 4.69) is 14.9 Å².